The molecule has 0 nitrogen and oxygen atoms in total. The summed E-state index contributed by atoms with van der Waals surface area (Å²) in [5.41, 5.74) is 0. The minimum absolute atomic E-state index is 1.48. The van der Waals surface area contributed by atoms with Gasteiger partial charge in [-0.2, -0.15) is 8.78 Å². The molecule has 0 atom stereocenters. The van der Waals surface area contributed by atoms with Gasteiger partial charge in [0.1, 0.15) is 6.45 Å². The molecular formula is B2IS. The van der Waals surface area contributed by atoms with Crippen molar-refractivity contribution in [3.8, 4) is 0 Å². The van der Waals surface area contributed by atoms with Crippen molar-refractivity contribution in [2.75, 3.05) is 0 Å². The molecule has 0 amide bonds. The lowest BCUT2D eigenvalue weighted by molar-refractivity contribution is 4.57. The molecule has 0 aromatic heterocycles. The summed E-state index contributed by atoms with van der Waals surface area (Å²) in [6.45, 7) is 0. The van der Waals surface area contributed by atoms with E-state index in [2.05, 4.69) is 21.2 Å². The van der Waals surface area contributed by atoms with E-state index in [9.17, 15) is 0 Å². The van der Waals surface area contributed by atoms with Crippen molar-refractivity contribution in [3.05, 3.63) is 0 Å². The normalized spacial score (nSPS) is 6.25. The van der Waals surface area contributed by atoms with Gasteiger partial charge < -0.3 is 0 Å². The van der Waals surface area contributed by atoms with Crippen molar-refractivity contribution in [2.24, 2.45) is 0 Å². The topological polar surface area (TPSA) is 0 Å². The van der Waals surface area contributed by atoms with Crippen LogP contribution in [0.4, 0.5) is 0 Å². The molecule has 19 valence electrons. The smallest absolute Gasteiger partial charge is 0.149 e. The van der Waals surface area contributed by atoms with E-state index in [1.807, 2.05) is 0 Å². The van der Waals surface area contributed by atoms with E-state index in [1.165, 1.54) is 15.2 Å². The largest absolute Gasteiger partial charge is 0.160 e. The molecule has 0 fully saturated rings. The van der Waals surface area contributed by atoms with E-state index in [4.69, 9.17) is 7.74 Å². The molecule has 0 saturated heterocycles. The molecule has 0 aromatic carbocycles. The first-order chi connectivity index (χ1) is 1.91. The third-order valence-corrected chi connectivity index (χ3v) is 1.04. The molecule has 4 heteroatoms. The molecule has 3 radical (unpaired) electrons. The average Bonchev–Trinajstić information content (AvgIpc) is 1.37. The summed E-state index contributed by atoms with van der Waals surface area (Å²) in [6.07, 6.45) is 1.53. The lowest BCUT2D eigenvalue weighted by atomic mass is 9.79. The van der Waals surface area contributed by atoms with Crippen LogP contribution in [0.15, 0.2) is 0 Å². The Morgan fingerprint density at radius 3 is 2.25 bits per heavy atom. The van der Waals surface area contributed by atoms with E-state index in [0.717, 1.165) is 0 Å². The Morgan fingerprint density at radius 2 is 2.25 bits per heavy atom. The predicted octanol–water partition coefficient (Wildman–Crippen LogP) is 0.772. The van der Waals surface area contributed by atoms with E-state index in [1.54, 1.807) is 0 Å². The highest BCUT2D eigenvalue weighted by Gasteiger charge is 1.63. The van der Waals surface area contributed by atoms with Crippen LogP contribution in [-0.2, 0) is 0 Å². The third kappa shape index (κ3) is 3.21. The summed E-state index contributed by atoms with van der Waals surface area (Å²) < 4.78 is 0. The quantitative estimate of drug-likeness (QED) is 0.425. The van der Waals surface area contributed by atoms with Gasteiger partial charge >= 0.3 is 0 Å². The second-order valence-corrected chi connectivity index (χ2v) is 2.20. The van der Waals surface area contributed by atoms with Crippen molar-refractivity contribution in [2.45, 2.75) is 0 Å². The molecular weight excluding hydrogens is 181 g/mol. The second kappa shape index (κ2) is 4.21. The Labute approximate surface area is 44.2 Å². The van der Waals surface area contributed by atoms with Gasteiger partial charge in [0.15, 0.2) is 0 Å². The van der Waals surface area contributed by atoms with Crippen molar-refractivity contribution in [1.82, 2.24) is 0 Å². The maximum absolute atomic E-state index is 4.86. The molecule has 0 aliphatic carbocycles. The molecule has 0 aliphatic heterocycles. The van der Waals surface area contributed by atoms with Gasteiger partial charge in [-0.25, -0.2) is 0 Å². The summed E-state index contributed by atoms with van der Waals surface area (Å²) in [5.74, 6) is 0. The molecule has 0 bridgehead atoms. The Morgan fingerprint density at radius 1 is 2.00 bits per heavy atom. The molecule has 0 aromatic rings. The first-order valence-electron chi connectivity index (χ1n) is 0.723. The van der Waals surface area contributed by atoms with E-state index in [0.29, 0.717) is 0 Å². The standard InChI is InChI=1S/B2IS/c1-2-4-3. The van der Waals surface area contributed by atoms with Gasteiger partial charge in [-0.15, -0.1) is 0 Å². The molecule has 0 unspecified atom stereocenters. The lowest BCUT2D eigenvalue weighted by Crippen LogP contribution is -1.67. The zero-order chi connectivity index (χ0) is 3.41. The van der Waals surface area contributed by atoms with Crippen molar-refractivity contribution in [3.63, 3.8) is 0 Å². The molecule has 0 aliphatic rings. The van der Waals surface area contributed by atoms with Gasteiger partial charge in [-0.05, 0) is 21.2 Å². The lowest BCUT2D eigenvalue weighted by Gasteiger charge is -1.63. The molecule has 0 saturated carbocycles. The van der Waals surface area contributed by atoms with Gasteiger partial charge in [0.05, 0.1) is 0 Å². The van der Waals surface area contributed by atoms with Crippen LogP contribution in [0, 0.1) is 0 Å². The van der Waals surface area contributed by atoms with Gasteiger partial charge in [-0.3, -0.25) is 0 Å². The molecule has 0 heterocycles. The van der Waals surface area contributed by atoms with E-state index < -0.39 is 0 Å². The Hall–Kier alpha value is 1.21. The first kappa shape index (κ1) is 5.21. The fourth-order valence-corrected chi connectivity index (χ4v) is 0. The Kier molecular flexibility index (Phi) is 5.48. The van der Waals surface area contributed by atoms with Crippen molar-refractivity contribution >= 4 is 44.2 Å². The Balaban J connectivity index is 1.97. The van der Waals surface area contributed by atoms with Crippen LogP contribution in [-0.4, -0.2) is 14.2 Å². The summed E-state index contributed by atoms with van der Waals surface area (Å²) >= 11 is 2.09. The number of halogens is 1. The van der Waals surface area contributed by atoms with Crippen molar-refractivity contribution < 1.29 is 0 Å². The SMILES string of the molecule is [B][B]SI. The average molecular weight is 181 g/mol. The molecule has 0 rings (SSSR count). The van der Waals surface area contributed by atoms with Crippen LogP contribution in [0.25, 0.3) is 0 Å². The fraction of sp³-hybridized carbons (Fsp3) is 0. The van der Waals surface area contributed by atoms with Gasteiger partial charge in [0.25, 0.3) is 0 Å². The number of hydrogen-bond donors (Lipinski definition) is 0. The van der Waals surface area contributed by atoms with Crippen LogP contribution in [0.3, 0.4) is 0 Å². The summed E-state index contributed by atoms with van der Waals surface area (Å²) in [6, 6.07) is 0. The summed E-state index contributed by atoms with van der Waals surface area (Å²) in [4.78, 5) is 0. The number of hydrogen-bond acceptors (Lipinski definition) is 1. The molecule has 0 N–H and O–H groups in total. The first-order valence-corrected chi connectivity index (χ1v) is 4.15. The fourth-order valence-electron chi connectivity index (χ4n) is 0. The van der Waals surface area contributed by atoms with Crippen LogP contribution in [0.2, 0.25) is 0 Å². The second-order valence-electron chi connectivity index (χ2n) is 0.225. The third-order valence-electron chi connectivity index (χ3n) is 0.0514. The number of rotatable bonds is 1. The highest BCUT2D eigenvalue weighted by molar-refractivity contribution is 14.2. The predicted molar refractivity (Wildman–Crippen MR) is 33.1 cm³/mol. The van der Waals surface area contributed by atoms with Crippen LogP contribution in [0.5, 0.6) is 0 Å². The summed E-state index contributed by atoms with van der Waals surface area (Å²) in [7, 11) is 6.34. The minimum atomic E-state index is 1.48. The van der Waals surface area contributed by atoms with E-state index in [-0.39, 0.29) is 0 Å². The monoisotopic (exact) mass is 181 g/mol. The molecule has 4 heavy (non-hydrogen) atoms. The summed E-state index contributed by atoms with van der Waals surface area (Å²) in [5, 5.41) is 0. The van der Waals surface area contributed by atoms with Gasteiger partial charge in [0.2, 0.25) is 0 Å². The maximum Gasteiger partial charge on any atom is 0.149 e. The minimum Gasteiger partial charge on any atom is -0.160 e. The highest BCUT2D eigenvalue weighted by atomic mass is 127. The van der Waals surface area contributed by atoms with Crippen molar-refractivity contribution in [1.29, 1.82) is 0 Å². The molecule has 0 spiro atoms. The zero-order valence-electron chi connectivity index (χ0n) is 1.94. The zero-order valence-corrected chi connectivity index (χ0v) is 4.91. The Bertz CT molecular complexity index is 8.00. The van der Waals surface area contributed by atoms with Crippen LogP contribution >= 0.6 is 30.0 Å². The highest BCUT2D eigenvalue weighted by Crippen LogP contribution is 2.03. The van der Waals surface area contributed by atoms with Crippen LogP contribution < -0.4 is 0 Å². The van der Waals surface area contributed by atoms with Crippen LogP contribution in [0.1, 0.15) is 0 Å². The van der Waals surface area contributed by atoms with Gasteiger partial charge in [0, 0.05) is 7.74 Å². The van der Waals surface area contributed by atoms with E-state index >= 15 is 0 Å². The van der Waals surface area contributed by atoms with Gasteiger partial charge in [-0.1, -0.05) is 0 Å². The maximum atomic E-state index is 4.86.